The molecule has 7 heteroatoms. The van der Waals surface area contributed by atoms with Gasteiger partial charge in [0.1, 0.15) is 11.7 Å². The van der Waals surface area contributed by atoms with E-state index < -0.39 is 24.5 Å². The summed E-state index contributed by atoms with van der Waals surface area (Å²) in [5, 5.41) is 14.4. The highest BCUT2D eigenvalue weighted by molar-refractivity contribution is 5.95. The van der Waals surface area contributed by atoms with Gasteiger partial charge in [-0.25, -0.2) is 4.98 Å². The molecule has 0 saturated carbocycles. The first-order valence-electron chi connectivity index (χ1n) is 6.70. The third-order valence-electron chi connectivity index (χ3n) is 2.91. The molecule has 0 bridgehead atoms. The monoisotopic (exact) mass is 300 g/mol. The van der Waals surface area contributed by atoms with Crippen LogP contribution in [0.5, 0.6) is 0 Å². The van der Waals surface area contributed by atoms with Crippen molar-refractivity contribution in [3.63, 3.8) is 0 Å². The van der Waals surface area contributed by atoms with Crippen molar-refractivity contribution in [2.75, 3.05) is 6.61 Å². The molecule has 3 N–H and O–H groups in total. The van der Waals surface area contributed by atoms with E-state index in [1.165, 1.54) is 18.6 Å². The van der Waals surface area contributed by atoms with Crippen LogP contribution >= 0.6 is 0 Å². The van der Waals surface area contributed by atoms with Crippen molar-refractivity contribution >= 4 is 11.8 Å². The number of nitrogens with one attached hydrogen (secondary N) is 2. The van der Waals surface area contributed by atoms with E-state index in [1.807, 2.05) is 30.3 Å². The Kier molecular flexibility index (Phi) is 5.56. The molecular formula is C15H16N4O3. The first-order chi connectivity index (χ1) is 10.7. The number of nitrogens with zero attached hydrogens (tertiary/aromatic N) is 2. The van der Waals surface area contributed by atoms with E-state index in [1.54, 1.807) is 0 Å². The molecule has 0 spiro atoms. The first-order valence-corrected chi connectivity index (χ1v) is 6.70. The summed E-state index contributed by atoms with van der Waals surface area (Å²) in [4.78, 5) is 31.5. The lowest BCUT2D eigenvalue weighted by Gasteiger charge is -2.15. The largest absolute Gasteiger partial charge is 0.394 e. The quantitative estimate of drug-likeness (QED) is 0.690. The average Bonchev–Trinajstić information content (AvgIpc) is 2.59. The number of hydrogen-bond acceptors (Lipinski definition) is 5. The molecule has 0 aliphatic rings. The average molecular weight is 300 g/mol. The van der Waals surface area contributed by atoms with Gasteiger partial charge in [0.15, 0.2) is 0 Å². The number of amides is 2. The second-order valence-electron chi connectivity index (χ2n) is 4.50. The SMILES string of the molecule is O=C(NC(CO)C(=O)NCc1ccccc1)c1cnccn1. The summed E-state index contributed by atoms with van der Waals surface area (Å²) in [5.74, 6) is -1.04. The normalized spacial score (nSPS) is 11.5. The molecule has 0 radical (unpaired) electrons. The van der Waals surface area contributed by atoms with Gasteiger partial charge in [-0.2, -0.15) is 0 Å². The predicted molar refractivity (Wildman–Crippen MR) is 78.7 cm³/mol. The Balaban J connectivity index is 1.90. The fourth-order valence-corrected chi connectivity index (χ4v) is 1.75. The van der Waals surface area contributed by atoms with Crippen LogP contribution in [0, 0.1) is 0 Å². The van der Waals surface area contributed by atoms with Crippen LogP contribution in [0.15, 0.2) is 48.9 Å². The van der Waals surface area contributed by atoms with Crippen molar-refractivity contribution in [1.82, 2.24) is 20.6 Å². The van der Waals surface area contributed by atoms with Gasteiger partial charge in [0.2, 0.25) is 5.91 Å². The van der Waals surface area contributed by atoms with Gasteiger partial charge in [0, 0.05) is 18.9 Å². The minimum Gasteiger partial charge on any atom is -0.394 e. The fourth-order valence-electron chi connectivity index (χ4n) is 1.75. The molecule has 0 aliphatic carbocycles. The van der Waals surface area contributed by atoms with Crippen molar-refractivity contribution in [2.45, 2.75) is 12.6 Å². The van der Waals surface area contributed by atoms with Crippen LogP contribution in [0.25, 0.3) is 0 Å². The number of aromatic nitrogens is 2. The topological polar surface area (TPSA) is 104 Å². The Bertz CT molecular complexity index is 619. The molecular weight excluding hydrogens is 284 g/mol. The molecule has 2 amide bonds. The summed E-state index contributed by atoms with van der Waals surface area (Å²) < 4.78 is 0. The number of aliphatic hydroxyl groups is 1. The molecule has 22 heavy (non-hydrogen) atoms. The fraction of sp³-hybridized carbons (Fsp3) is 0.200. The maximum Gasteiger partial charge on any atom is 0.272 e. The van der Waals surface area contributed by atoms with Crippen LogP contribution in [0.4, 0.5) is 0 Å². The van der Waals surface area contributed by atoms with Crippen molar-refractivity contribution in [2.24, 2.45) is 0 Å². The molecule has 1 atom stereocenters. The van der Waals surface area contributed by atoms with Gasteiger partial charge in [0.25, 0.3) is 5.91 Å². The van der Waals surface area contributed by atoms with Crippen molar-refractivity contribution < 1.29 is 14.7 Å². The molecule has 0 aliphatic heterocycles. The highest BCUT2D eigenvalue weighted by Gasteiger charge is 2.20. The van der Waals surface area contributed by atoms with Crippen LogP contribution in [-0.4, -0.2) is 39.5 Å². The van der Waals surface area contributed by atoms with E-state index in [4.69, 9.17) is 0 Å². The van der Waals surface area contributed by atoms with Gasteiger partial charge in [-0.3, -0.25) is 14.6 Å². The summed E-state index contributed by atoms with van der Waals surface area (Å²) >= 11 is 0. The molecule has 2 aromatic rings. The highest BCUT2D eigenvalue weighted by atomic mass is 16.3. The van der Waals surface area contributed by atoms with Gasteiger partial charge in [-0.1, -0.05) is 30.3 Å². The first kappa shape index (κ1) is 15.6. The second-order valence-corrected chi connectivity index (χ2v) is 4.50. The van der Waals surface area contributed by atoms with Crippen molar-refractivity contribution in [3.8, 4) is 0 Å². The van der Waals surface area contributed by atoms with E-state index in [0.717, 1.165) is 5.56 Å². The van der Waals surface area contributed by atoms with Crippen LogP contribution in [0.3, 0.4) is 0 Å². The van der Waals surface area contributed by atoms with Crippen LogP contribution in [0.1, 0.15) is 16.1 Å². The van der Waals surface area contributed by atoms with Crippen molar-refractivity contribution in [1.29, 1.82) is 0 Å². The van der Waals surface area contributed by atoms with Crippen LogP contribution in [0.2, 0.25) is 0 Å². The summed E-state index contributed by atoms with van der Waals surface area (Å²) in [6.45, 7) is -0.191. The number of carbonyl (C=O) groups excluding carboxylic acids is 2. The van der Waals surface area contributed by atoms with Gasteiger partial charge in [-0.15, -0.1) is 0 Å². The van der Waals surface area contributed by atoms with Crippen LogP contribution < -0.4 is 10.6 Å². The Labute approximate surface area is 127 Å². The number of aliphatic hydroxyl groups excluding tert-OH is 1. The van der Waals surface area contributed by atoms with E-state index in [-0.39, 0.29) is 5.69 Å². The lowest BCUT2D eigenvalue weighted by atomic mass is 10.2. The maximum atomic E-state index is 12.0. The summed E-state index contributed by atoms with van der Waals surface area (Å²) in [7, 11) is 0. The summed E-state index contributed by atoms with van der Waals surface area (Å²) in [6, 6.07) is 8.29. The van der Waals surface area contributed by atoms with Crippen LogP contribution in [-0.2, 0) is 11.3 Å². The molecule has 7 nitrogen and oxygen atoms in total. The van der Waals surface area contributed by atoms with E-state index in [2.05, 4.69) is 20.6 Å². The summed E-state index contributed by atoms with van der Waals surface area (Å²) in [6.07, 6.45) is 4.09. The lowest BCUT2D eigenvalue weighted by molar-refractivity contribution is -0.124. The number of benzene rings is 1. The molecule has 0 fully saturated rings. The molecule has 1 aromatic heterocycles. The predicted octanol–water partition coefficient (Wildman–Crippen LogP) is -0.116. The lowest BCUT2D eigenvalue weighted by Crippen LogP contribution is -2.48. The van der Waals surface area contributed by atoms with E-state index >= 15 is 0 Å². The minimum atomic E-state index is -1.04. The van der Waals surface area contributed by atoms with Gasteiger partial charge >= 0.3 is 0 Å². The van der Waals surface area contributed by atoms with E-state index in [0.29, 0.717) is 6.54 Å². The third-order valence-corrected chi connectivity index (χ3v) is 2.91. The maximum absolute atomic E-state index is 12.0. The molecule has 0 saturated heterocycles. The van der Waals surface area contributed by atoms with Gasteiger partial charge in [0.05, 0.1) is 12.8 Å². The Morgan fingerprint density at radius 3 is 2.59 bits per heavy atom. The zero-order valence-electron chi connectivity index (χ0n) is 11.8. The second kappa shape index (κ2) is 7.84. The zero-order valence-corrected chi connectivity index (χ0v) is 11.8. The number of carbonyl (C=O) groups is 2. The van der Waals surface area contributed by atoms with Gasteiger partial charge in [-0.05, 0) is 5.56 Å². The molecule has 114 valence electrons. The Morgan fingerprint density at radius 2 is 1.95 bits per heavy atom. The highest BCUT2D eigenvalue weighted by Crippen LogP contribution is 1.98. The summed E-state index contributed by atoms with van der Waals surface area (Å²) in [5.41, 5.74) is 1.00. The Morgan fingerprint density at radius 1 is 1.18 bits per heavy atom. The minimum absolute atomic E-state index is 0.0804. The van der Waals surface area contributed by atoms with Crippen molar-refractivity contribution in [3.05, 3.63) is 60.2 Å². The molecule has 1 aromatic carbocycles. The number of hydrogen-bond donors (Lipinski definition) is 3. The third kappa shape index (κ3) is 4.35. The standard InChI is InChI=1S/C15H16N4O3/c20-10-13(19-15(22)12-9-16-6-7-17-12)14(21)18-8-11-4-2-1-3-5-11/h1-7,9,13,20H,8,10H2,(H,18,21)(H,19,22). The molecule has 2 rings (SSSR count). The van der Waals surface area contributed by atoms with Gasteiger partial charge < -0.3 is 15.7 Å². The zero-order chi connectivity index (χ0) is 15.8. The Hall–Kier alpha value is -2.80. The smallest absolute Gasteiger partial charge is 0.272 e. The van der Waals surface area contributed by atoms with E-state index in [9.17, 15) is 14.7 Å². The number of rotatable bonds is 6. The molecule has 1 heterocycles. The molecule has 1 unspecified atom stereocenters.